The van der Waals surface area contributed by atoms with E-state index in [0.717, 1.165) is 19.3 Å². The van der Waals surface area contributed by atoms with Crippen molar-refractivity contribution in [2.45, 2.75) is 109 Å². The molecule has 0 bridgehead atoms. The molecule has 0 aromatic carbocycles. The summed E-state index contributed by atoms with van der Waals surface area (Å²) in [6.07, 6.45) is 14.0. The first-order chi connectivity index (χ1) is 10.9. The summed E-state index contributed by atoms with van der Waals surface area (Å²) >= 11 is 0. The lowest BCUT2D eigenvalue weighted by atomic mass is 10.0. The van der Waals surface area contributed by atoms with E-state index in [-0.39, 0.29) is 6.42 Å². The van der Waals surface area contributed by atoms with Crippen LogP contribution in [0.15, 0.2) is 0 Å². The van der Waals surface area contributed by atoms with Gasteiger partial charge in [-0.3, -0.25) is 0 Å². The van der Waals surface area contributed by atoms with E-state index in [1.807, 2.05) is 0 Å². The zero-order valence-electron chi connectivity index (χ0n) is 14.7. The van der Waals surface area contributed by atoms with Gasteiger partial charge in [0, 0.05) is 0 Å². The molecule has 5 heteroatoms. The second-order valence-electron chi connectivity index (χ2n) is 6.58. The molecule has 0 radical (unpaired) electrons. The summed E-state index contributed by atoms with van der Waals surface area (Å²) in [5.41, 5.74) is 0. The van der Waals surface area contributed by atoms with E-state index in [0.29, 0.717) is 6.42 Å². The van der Waals surface area contributed by atoms with Gasteiger partial charge < -0.3 is 20.4 Å². The molecule has 0 aliphatic carbocycles. The van der Waals surface area contributed by atoms with E-state index in [9.17, 15) is 9.90 Å². The molecule has 0 spiro atoms. The Morgan fingerprint density at radius 1 is 0.783 bits per heavy atom. The Morgan fingerprint density at radius 2 is 1.13 bits per heavy atom. The maximum atomic E-state index is 10.5. The molecule has 5 nitrogen and oxygen atoms in total. The third-order valence-corrected chi connectivity index (χ3v) is 4.36. The summed E-state index contributed by atoms with van der Waals surface area (Å²) < 4.78 is 0. The van der Waals surface area contributed by atoms with Gasteiger partial charge in [-0.2, -0.15) is 0 Å². The van der Waals surface area contributed by atoms with Gasteiger partial charge in [-0.25, -0.2) is 4.79 Å². The van der Waals surface area contributed by atoms with Gasteiger partial charge in [0.25, 0.3) is 5.79 Å². The largest absolute Gasteiger partial charge is 0.477 e. The topological polar surface area (TPSA) is 98.0 Å². The first-order valence-corrected chi connectivity index (χ1v) is 9.29. The highest BCUT2D eigenvalue weighted by molar-refractivity contribution is 5.75. The first kappa shape index (κ1) is 22.4. The van der Waals surface area contributed by atoms with E-state index < -0.39 is 17.9 Å². The average molecular weight is 332 g/mol. The summed E-state index contributed by atoms with van der Waals surface area (Å²) in [5, 5.41) is 36.3. The van der Waals surface area contributed by atoms with Crippen molar-refractivity contribution in [3.63, 3.8) is 0 Å². The van der Waals surface area contributed by atoms with E-state index in [2.05, 4.69) is 6.92 Å². The SMILES string of the molecule is CCCCCCCCCCCCCCCC(O)C(O)(O)C(=O)O. The monoisotopic (exact) mass is 332 g/mol. The normalized spacial score (nSPS) is 13.2. The van der Waals surface area contributed by atoms with Crippen LogP contribution in [0.25, 0.3) is 0 Å². The lowest BCUT2D eigenvalue weighted by Gasteiger charge is -2.22. The Bertz CT molecular complexity index is 291. The molecule has 23 heavy (non-hydrogen) atoms. The van der Waals surface area contributed by atoms with Crippen molar-refractivity contribution in [1.82, 2.24) is 0 Å². The molecule has 0 fully saturated rings. The summed E-state index contributed by atoms with van der Waals surface area (Å²) in [6.45, 7) is 2.23. The Morgan fingerprint density at radius 3 is 1.48 bits per heavy atom. The molecule has 0 amide bonds. The molecule has 138 valence electrons. The highest BCUT2D eigenvalue weighted by Gasteiger charge is 2.41. The number of hydrogen-bond donors (Lipinski definition) is 4. The Hall–Kier alpha value is -0.650. The van der Waals surface area contributed by atoms with Crippen LogP contribution in [0.4, 0.5) is 0 Å². The molecule has 0 rings (SSSR count). The fraction of sp³-hybridized carbons (Fsp3) is 0.944. The van der Waals surface area contributed by atoms with Crippen LogP contribution in [0.1, 0.15) is 96.8 Å². The molecule has 0 aliphatic heterocycles. The summed E-state index contributed by atoms with van der Waals surface area (Å²) in [7, 11) is 0. The van der Waals surface area contributed by atoms with E-state index in [1.54, 1.807) is 0 Å². The van der Waals surface area contributed by atoms with Crippen LogP contribution in [-0.4, -0.2) is 38.3 Å². The van der Waals surface area contributed by atoms with Crippen LogP contribution in [0.3, 0.4) is 0 Å². The number of hydrogen-bond acceptors (Lipinski definition) is 4. The molecule has 0 heterocycles. The molecule has 4 N–H and O–H groups in total. The predicted octanol–water partition coefficient (Wildman–Crippen LogP) is 3.59. The molecule has 0 aromatic heterocycles. The van der Waals surface area contributed by atoms with Crippen molar-refractivity contribution in [1.29, 1.82) is 0 Å². The molecule has 0 aromatic rings. The lowest BCUT2D eigenvalue weighted by molar-refractivity contribution is -0.237. The van der Waals surface area contributed by atoms with Gasteiger partial charge in [0.15, 0.2) is 0 Å². The van der Waals surface area contributed by atoms with Crippen molar-refractivity contribution in [2.75, 3.05) is 0 Å². The van der Waals surface area contributed by atoms with E-state index >= 15 is 0 Å². The number of aliphatic hydroxyl groups is 3. The third kappa shape index (κ3) is 11.5. The van der Waals surface area contributed by atoms with Crippen molar-refractivity contribution in [3.8, 4) is 0 Å². The van der Waals surface area contributed by atoms with Gasteiger partial charge in [-0.15, -0.1) is 0 Å². The maximum Gasteiger partial charge on any atom is 0.366 e. The van der Waals surface area contributed by atoms with Crippen LogP contribution in [0, 0.1) is 0 Å². The van der Waals surface area contributed by atoms with Crippen LogP contribution >= 0.6 is 0 Å². The number of carboxylic acids is 1. The van der Waals surface area contributed by atoms with Gasteiger partial charge in [0.05, 0.1) is 0 Å². The lowest BCUT2D eigenvalue weighted by Crippen LogP contribution is -2.49. The number of aliphatic carboxylic acids is 1. The number of aliphatic hydroxyl groups excluding tert-OH is 1. The fourth-order valence-corrected chi connectivity index (χ4v) is 2.70. The van der Waals surface area contributed by atoms with Crippen LogP contribution < -0.4 is 0 Å². The number of carbonyl (C=O) groups is 1. The van der Waals surface area contributed by atoms with E-state index in [1.165, 1.54) is 57.8 Å². The maximum absolute atomic E-state index is 10.5. The van der Waals surface area contributed by atoms with Gasteiger partial charge in [-0.1, -0.05) is 90.4 Å². The first-order valence-electron chi connectivity index (χ1n) is 9.29. The van der Waals surface area contributed by atoms with Gasteiger partial charge in [-0.05, 0) is 6.42 Å². The van der Waals surface area contributed by atoms with Crippen LogP contribution in [-0.2, 0) is 4.79 Å². The van der Waals surface area contributed by atoms with Gasteiger partial charge >= 0.3 is 5.97 Å². The quantitative estimate of drug-likeness (QED) is 0.256. The molecule has 0 saturated carbocycles. The van der Waals surface area contributed by atoms with Crippen LogP contribution in [0.2, 0.25) is 0 Å². The minimum absolute atomic E-state index is 0.0943. The van der Waals surface area contributed by atoms with Crippen molar-refractivity contribution in [2.24, 2.45) is 0 Å². The Balaban J connectivity index is 3.32. The molecule has 1 unspecified atom stereocenters. The van der Waals surface area contributed by atoms with Crippen molar-refractivity contribution < 1.29 is 25.2 Å². The molecule has 1 atom stereocenters. The zero-order valence-corrected chi connectivity index (χ0v) is 14.7. The van der Waals surface area contributed by atoms with Crippen molar-refractivity contribution >= 4 is 5.97 Å². The number of carboxylic acid groups (broad SMARTS) is 1. The van der Waals surface area contributed by atoms with E-state index in [4.69, 9.17) is 15.3 Å². The third-order valence-electron chi connectivity index (χ3n) is 4.36. The molecule has 0 aliphatic rings. The summed E-state index contributed by atoms with van der Waals surface area (Å²) in [5.74, 6) is -4.84. The summed E-state index contributed by atoms with van der Waals surface area (Å²) in [6, 6.07) is 0. The Kier molecular flexibility index (Phi) is 13.4. The Labute approximate surface area is 140 Å². The highest BCUT2D eigenvalue weighted by atomic mass is 16.6. The highest BCUT2D eigenvalue weighted by Crippen LogP contribution is 2.16. The van der Waals surface area contributed by atoms with Gasteiger partial charge in [0.1, 0.15) is 6.10 Å². The molecule has 0 saturated heterocycles. The predicted molar refractivity (Wildman–Crippen MR) is 91.1 cm³/mol. The van der Waals surface area contributed by atoms with Gasteiger partial charge in [0.2, 0.25) is 0 Å². The van der Waals surface area contributed by atoms with Crippen molar-refractivity contribution in [3.05, 3.63) is 0 Å². The average Bonchev–Trinajstić information content (AvgIpc) is 2.51. The number of unbranched alkanes of at least 4 members (excludes halogenated alkanes) is 12. The zero-order chi connectivity index (χ0) is 17.6. The second-order valence-corrected chi connectivity index (χ2v) is 6.58. The standard InChI is InChI=1S/C18H36O5/c1-2-3-4-5-6-7-8-9-10-11-12-13-14-15-16(19)18(22,23)17(20)21/h16,19,22-23H,2-15H2,1H3,(H,20,21). The summed E-state index contributed by atoms with van der Waals surface area (Å²) in [4.78, 5) is 10.5. The second kappa shape index (κ2) is 13.8. The smallest absolute Gasteiger partial charge is 0.366 e. The minimum atomic E-state index is -3.03. The molecular formula is C18H36O5. The number of rotatable bonds is 16. The molecular weight excluding hydrogens is 296 g/mol. The van der Waals surface area contributed by atoms with Crippen LogP contribution in [0.5, 0.6) is 0 Å². The minimum Gasteiger partial charge on any atom is -0.477 e. The fourth-order valence-electron chi connectivity index (χ4n) is 2.70.